The van der Waals surface area contributed by atoms with Crippen molar-refractivity contribution in [3.05, 3.63) is 22.9 Å². The number of carbonyl (C=O) groups is 1. The Morgan fingerprint density at radius 3 is 2.19 bits per heavy atom. The fourth-order valence-electron chi connectivity index (χ4n) is 1.44. The van der Waals surface area contributed by atoms with Gasteiger partial charge in [-0.25, -0.2) is 4.99 Å². The number of amides is 1. The number of unbranched alkanes of at least 4 members (excludes halogenated alkanes) is 1. The van der Waals surface area contributed by atoms with Gasteiger partial charge in [0, 0.05) is 0 Å². The second-order valence-electron chi connectivity index (χ2n) is 3.75. The summed E-state index contributed by atoms with van der Waals surface area (Å²) < 4.78 is 0. The van der Waals surface area contributed by atoms with Gasteiger partial charge in [-0.3, -0.25) is 4.79 Å². The van der Waals surface area contributed by atoms with Crippen molar-refractivity contribution in [1.29, 1.82) is 0 Å². The van der Waals surface area contributed by atoms with Crippen molar-refractivity contribution in [2.24, 2.45) is 16.5 Å². The number of aliphatic imine (C=N–C) groups is 1. The summed E-state index contributed by atoms with van der Waals surface area (Å²) in [5, 5.41) is 0. The normalized spacial score (nSPS) is 14.8. The van der Waals surface area contributed by atoms with Crippen LogP contribution in [0.25, 0.3) is 0 Å². The Labute approximate surface area is 97.1 Å². The number of hydrogen-bond donors (Lipinski definition) is 2. The SMILES string of the molecule is CCC/C=C(C)\C(C(N)=O)=C(/C)N=C(C)N. The lowest BCUT2D eigenvalue weighted by atomic mass is 10.0. The van der Waals surface area contributed by atoms with Crippen molar-refractivity contribution in [1.82, 2.24) is 0 Å². The molecule has 0 atom stereocenters. The second-order valence-corrected chi connectivity index (χ2v) is 3.75. The van der Waals surface area contributed by atoms with Crippen molar-refractivity contribution < 1.29 is 4.79 Å². The van der Waals surface area contributed by atoms with Crippen LogP contribution in [0.3, 0.4) is 0 Å². The first-order valence-electron chi connectivity index (χ1n) is 5.38. The predicted octanol–water partition coefficient (Wildman–Crippen LogP) is 1.87. The number of primary amides is 1. The first-order chi connectivity index (χ1) is 7.40. The number of rotatable bonds is 5. The molecule has 0 aromatic heterocycles. The smallest absolute Gasteiger partial charge is 0.250 e. The Hall–Kier alpha value is -1.58. The van der Waals surface area contributed by atoms with E-state index >= 15 is 0 Å². The highest BCUT2D eigenvalue weighted by atomic mass is 16.1. The quantitative estimate of drug-likeness (QED) is 0.323. The summed E-state index contributed by atoms with van der Waals surface area (Å²) in [5.74, 6) is -0.0492. The molecule has 0 radical (unpaired) electrons. The number of nitrogens with zero attached hydrogens (tertiary/aromatic N) is 1. The van der Waals surface area contributed by atoms with Crippen molar-refractivity contribution in [3.63, 3.8) is 0 Å². The summed E-state index contributed by atoms with van der Waals surface area (Å²) in [6, 6.07) is 0. The molecule has 0 aromatic carbocycles. The van der Waals surface area contributed by atoms with Gasteiger partial charge in [-0.05, 0) is 32.8 Å². The van der Waals surface area contributed by atoms with Crippen molar-refractivity contribution in [3.8, 4) is 0 Å². The molecule has 0 rings (SSSR count). The third-order valence-electron chi connectivity index (χ3n) is 2.09. The molecular formula is C12H21N3O. The van der Waals surface area contributed by atoms with E-state index in [0.717, 1.165) is 18.4 Å². The van der Waals surface area contributed by atoms with E-state index < -0.39 is 5.91 Å². The zero-order valence-corrected chi connectivity index (χ0v) is 10.5. The van der Waals surface area contributed by atoms with Gasteiger partial charge in [0.1, 0.15) is 0 Å². The summed E-state index contributed by atoms with van der Waals surface area (Å²) >= 11 is 0. The summed E-state index contributed by atoms with van der Waals surface area (Å²) in [6.07, 6.45) is 3.94. The molecule has 0 aliphatic rings. The minimum absolute atomic E-state index is 0.416. The third kappa shape index (κ3) is 4.77. The van der Waals surface area contributed by atoms with Crippen LogP contribution in [-0.4, -0.2) is 11.7 Å². The number of amidine groups is 1. The Bertz CT molecular complexity index is 347. The summed E-state index contributed by atoms with van der Waals surface area (Å²) in [4.78, 5) is 15.4. The molecule has 0 saturated carbocycles. The molecule has 0 spiro atoms. The van der Waals surface area contributed by atoms with E-state index in [1.165, 1.54) is 0 Å². The molecule has 0 unspecified atom stereocenters. The average Bonchev–Trinajstić information content (AvgIpc) is 2.12. The molecule has 0 aromatic rings. The maximum Gasteiger partial charge on any atom is 0.250 e. The molecule has 90 valence electrons. The van der Waals surface area contributed by atoms with Gasteiger partial charge in [0.05, 0.1) is 17.1 Å². The van der Waals surface area contributed by atoms with Gasteiger partial charge >= 0.3 is 0 Å². The molecule has 4 N–H and O–H groups in total. The lowest BCUT2D eigenvalue weighted by Crippen LogP contribution is -2.17. The monoisotopic (exact) mass is 223 g/mol. The standard InChI is InChI=1S/C12H21N3O/c1-5-6-7-8(2)11(12(14)16)9(3)15-10(4)13/h7H,5-6H2,1-4H3,(H2,13,15)(H2,14,16)/b8-7-,11-9-. The van der Waals surface area contributed by atoms with E-state index in [1.807, 2.05) is 13.0 Å². The van der Waals surface area contributed by atoms with Gasteiger partial charge in [-0.1, -0.05) is 19.4 Å². The van der Waals surface area contributed by atoms with Crippen LogP contribution in [0.4, 0.5) is 0 Å². The van der Waals surface area contributed by atoms with Gasteiger partial charge in [0.2, 0.25) is 0 Å². The summed E-state index contributed by atoms with van der Waals surface area (Å²) in [5.41, 5.74) is 12.7. The largest absolute Gasteiger partial charge is 0.387 e. The van der Waals surface area contributed by atoms with Gasteiger partial charge in [0.25, 0.3) is 5.91 Å². The maximum atomic E-state index is 11.3. The van der Waals surface area contributed by atoms with Crippen molar-refractivity contribution in [2.75, 3.05) is 0 Å². The fraction of sp³-hybridized carbons (Fsp3) is 0.500. The Morgan fingerprint density at radius 1 is 1.25 bits per heavy atom. The highest BCUT2D eigenvalue weighted by Crippen LogP contribution is 2.16. The lowest BCUT2D eigenvalue weighted by molar-refractivity contribution is -0.114. The minimum Gasteiger partial charge on any atom is -0.387 e. The van der Waals surface area contributed by atoms with E-state index in [0.29, 0.717) is 17.1 Å². The number of hydrogen-bond acceptors (Lipinski definition) is 2. The molecule has 4 nitrogen and oxygen atoms in total. The van der Waals surface area contributed by atoms with E-state index in [4.69, 9.17) is 11.5 Å². The summed E-state index contributed by atoms with van der Waals surface area (Å²) in [7, 11) is 0. The molecule has 0 heterocycles. The van der Waals surface area contributed by atoms with Crippen LogP contribution in [0.5, 0.6) is 0 Å². The Kier molecular flexibility index (Phi) is 6.15. The highest BCUT2D eigenvalue weighted by molar-refractivity contribution is 5.97. The molecule has 16 heavy (non-hydrogen) atoms. The van der Waals surface area contributed by atoms with E-state index in [1.54, 1.807) is 13.8 Å². The average molecular weight is 223 g/mol. The Balaban J connectivity index is 5.31. The van der Waals surface area contributed by atoms with Crippen LogP contribution in [0.15, 0.2) is 27.9 Å². The minimum atomic E-state index is -0.465. The molecule has 0 fully saturated rings. The third-order valence-corrected chi connectivity index (χ3v) is 2.09. The molecule has 0 bridgehead atoms. The van der Waals surface area contributed by atoms with Crippen molar-refractivity contribution in [2.45, 2.75) is 40.5 Å². The van der Waals surface area contributed by atoms with Crippen molar-refractivity contribution >= 4 is 11.7 Å². The van der Waals surface area contributed by atoms with E-state index in [-0.39, 0.29) is 0 Å². The molecule has 1 amide bonds. The highest BCUT2D eigenvalue weighted by Gasteiger charge is 2.11. The number of allylic oxidation sites excluding steroid dienone is 2. The molecule has 0 saturated heterocycles. The molecule has 4 heteroatoms. The Morgan fingerprint density at radius 2 is 1.81 bits per heavy atom. The van der Waals surface area contributed by atoms with Crippen LogP contribution < -0.4 is 11.5 Å². The van der Waals surface area contributed by atoms with Crippen LogP contribution >= 0.6 is 0 Å². The van der Waals surface area contributed by atoms with Crippen LogP contribution in [0.2, 0.25) is 0 Å². The molecule has 0 aliphatic heterocycles. The number of carbonyl (C=O) groups excluding carboxylic acids is 1. The van der Waals surface area contributed by atoms with E-state index in [9.17, 15) is 4.79 Å². The van der Waals surface area contributed by atoms with Crippen LogP contribution in [-0.2, 0) is 4.79 Å². The zero-order chi connectivity index (χ0) is 12.7. The first kappa shape index (κ1) is 14.4. The van der Waals surface area contributed by atoms with Gasteiger partial charge in [0.15, 0.2) is 0 Å². The van der Waals surface area contributed by atoms with Gasteiger partial charge < -0.3 is 11.5 Å². The first-order valence-corrected chi connectivity index (χ1v) is 5.38. The molecular weight excluding hydrogens is 202 g/mol. The topological polar surface area (TPSA) is 81.5 Å². The number of nitrogens with two attached hydrogens (primary N) is 2. The van der Waals surface area contributed by atoms with E-state index in [2.05, 4.69) is 11.9 Å². The second kappa shape index (κ2) is 6.82. The van der Waals surface area contributed by atoms with Gasteiger partial charge in [-0.2, -0.15) is 0 Å². The predicted molar refractivity (Wildman–Crippen MR) is 67.9 cm³/mol. The van der Waals surface area contributed by atoms with Gasteiger partial charge in [-0.15, -0.1) is 0 Å². The fourth-order valence-corrected chi connectivity index (χ4v) is 1.44. The summed E-state index contributed by atoms with van der Waals surface area (Å²) in [6.45, 7) is 7.35. The zero-order valence-electron chi connectivity index (χ0n) is 10.5. The molecule has 0 aliphatic carbocycles. The maximum absolute atomic E-state index is 11.3. The lowest BCUT2D eigenvalue weighted by Gasteiger charge is -2.06. The van der Waals surface area contributed by atoms with Crippen LogP contribution in [0, 0.1) is 0 Å². The van der Waals surface area contributed by atoms with Crippen LogP contribution in [0.1, 0.15) is 40.5 Å².